The van der Waals surface area contributed by atoms with Crippen LogP contribution in [0.3, 0.4) is 0 Å². The summed E-state index contributed by atoms with van der Waals surface area (Å²) < 4.78 is 68.9. The number of hydrogen-bond acceptors (Lipinski definition) is 2. The maximum absolute atomic E-state index is 11.5. The average Bonchev–Trinajstić information content (AvgIpc) is 1.56. The molecule has 11 heavy (non-hydrogen) atoms. The Morgan fingerprint density at radius 2 is 1.45 bits per heavy atom. The van der Waals surface area contributed by atoms with Gasteiger partial charge < -0.3 is 5.11 Å². The summed E-state index contributed by atoms with van der Waals surface area (Å²) in [4.78, 5) is 0. The first-order valence-electron chi connectivity index (χ1n) is 2.12. The molecule has 0 saturated heterocycles. The highest BCUT2D eigenvalue weighted by Crippen LogP contribution is 2.30. The molecule has 8 heteroatoms. The van der Waals surface area contributed by atoms with E-state index in [1.54, 1.807) is 0 Å². The van der Waals surface area contributed by atoms with Crippen LogP contribution in [0.2, 0.25) is 0 Å². The van der Waals surface area contributed by atoms with Gasteiger partial charge in [0.25, 0.3) is 6.36 Å². The van der Waals surface area contributed by atoms with Crippen molar-refractivity contribution in [1.29, 1.82) is 0 Å². The fraction of sp³-hybridized carbons (Fsp3) is 1.00. The quantitative estimate of drug-likeness (QED) is 0.657. The van der Waals surface area contributed by atoms with Crippen LogP contribution in [0, 0.1) is 0 Å². The van der Waals surface area contributed by atoms with E-state index in [0.717, 1.165) is 0 Å². The SMILES string of the molecule is OC(F)C(F)(F)OC(F)(F)F. The number of hydrogen-bond donors (Lipinski definition) is 1. The molecule has 0 saturated carbocycles. The summed E-state index contributed by atoms with van der Waals surface area (Å²) in [5, 5.41) is 7.40. The molecule has 1 N–H and O–H groups in total. The Balaban J connectivity index is 4.13. The highest BCUT2D eigenvalue weighted by atomic mass is 19.4. The van der Waals surface area contributed by atoms with Crippen LogP contribution >= 0.6 is 0 Å². The van der Waals surface area contributed by atoms with Gasteiger partial charge in [-0.05, 0) is 0 Å². The van der Waals surface area contributed by atoms with Crippen molar-refractivity contribution in [2.24, 2.45) is 0 Å². The minimum absolute atomic E-state index is 1.93. The van der Waals surface area contributed by atoms with Crippen LogP contribution in [-0.4, -0.2) is 23.9 Å². The van der Waals surface area contributed by atoms with Crippen LogP contribution in [0.25, 0.3) is 0 Å². The predicted octanol–water partition coefficient (Wildman–Crippen LogP) is 1.40. The molecule has 0 aromatic heterocycles. The lowest BCUT2D eigenvalue weighted by Gasteiger charge is -2.17. The molecule has 1 unspecified atom stereocenters. The van der Waals surface area contributed by atoms with Gasteiger partial charge in [-0.2, -0.15) is 8.78 Å². The number of halogens is 6. The van der Waals surface area contributed by atoms with E-state index in [1.165, 1.54) is 0 Å². The number of rotatable bonds is 2. The zero-order valence-electron chi connectivity index (χ0n) is 4.70. The third kappa shape index (κ3) is 4.04. The summed E-state index contributed by atoms with van der Waals surface area (Å²) >= 11 is 0. The molecule has 0 bridgehead atoms. The van der Waals surface area contributed by atoms with Gasteiger partial charge in [0, 0.05) is 0 Å². The van der Waals surface area contributed by atoms with E-state index < -0.39 is 18.8 Å². The second-order valence-electron chi connectivity index (χ2n) is 1.45. The molecule has 0 aromatic carbocycles. The Kier molecular flexibility index (Phi) is 2.73. The summed E-state index contributed by atoms with van der Waals surface area (Å²) in [5.41, 5.74) is 0. The Morgan fingerprint density at radius 3 is 1.55 bits per heavy atom. The molecule has 1 atom stereocenters. The van der Waals surface area contributed by atoms with Gasteiger partial charge in [-0.15, -0.1) is 13.2 Å². The maximum atomic E-state index is 11.5. The molecule has 0 aliphatic heterocycles. The fourth-order valence-electron chi connectivity index (χ4n) is 0.203. The van der Waals surface area contributed by atoms with Crippen LogP contribution in [0.15, 0.2) is 0 Å². The topological polar surface area (TPSA) is 29.5 Å². The number of ether oxygens (including phenoxy) is 1. The fourth-order valence-corrected chi connectivity index (χ4v) is 0.203. The van der Waals surface area contributed by atoms with E-state index in [1.807, 2.05) is 4.74 Å². The van der Waals surface area contributed by atoms with Crippen molar-refractivity contribution in [3.05, 3.63) is 0 Å². The Morgan fingerprint density at radius 1 is 1.09 bits per heavy atom. The molecule has 0 fully saturated rings. The average molecular weight is 184 g/mol. The summed E-state index contributed by atoms with van der Waals surface area (Å²) in [6, 6.07) is 0. The van der Waals surface area contributed by atoms with Crippen LogP contribution in [0.4, 0.5) is 26.3 Å². The monoisotopic (exact) mass is 184 g/mol. The lowest BCUT2D eigenvalue weighted by Crippen LogP contribution is -2.38. The molecule has 2 nitrogen and oxygen atoms in total. The van der Waals surface area contributed by atoms with Crippen molar-refractivity contribution in [2.45, 2.75) is 18.8 Å². The normalized spacial score (nSPS) is 16.6. The molecule has 0 aliphatic carbocycles. The number of aliphatic hydroxyl groups excluding tert-OH is 1. The molecule has 0 amide bonds. The van der Waals surface area contributed by atoms with Gasteiger partial charge in [-0.3, -0.25) is 0 Å². The molecule has 0 spiro atoms. The zero-order chi connectivity index (χ0) is 9.28. The van der Waals surface area contributed by atoms with Gasteiger partial charge in [0.15, 0.2) is 0 Å². The number of aliphatic hydroxyl groups is 1. The summed E-state index contributed by atoms with van der Waals surface area (Å²) in [5.74, 6) is 0. The van der Waals surface area contributed by atoms with E-state index >= 15 is 0 Å². The van der Waals surface area contributed by atoms with Crippen LogP contribution in [0.5, 0.6) is 0 Å². The van der Waals surface area contributed by atoms with Gasteiger partial charge in [0.1, 0.15) is 0 Å². The van der Waals surface area contributed by atoms with Gasteiger partial charge >= 0.3 is 12.5 Å². The summed E-state index contributed by atoms with van der Waals surface area (Å²) in [6.45, 7) is 0. The summed E-state index contributed by atoms with van der Waals surface area (Å²) in [6.07, 6.45) is -14.9. The Bertz CT molecular complexity index is 128. The third-order valence-corrected chi connectivity index (χ3v) is 0.529. The van der Waals surface area contributed by atoms with Crippen molar-refractivity contribution in [2.75, 3.05) is 0 Å². The smallest absolute Gasteiger partial charge is 0.357 e. The van der Waals surface area contributed by atoms with Crippen molar-refractivity contribution in [1.82, 2.24) is 0 Å². The van der Waals surface area contributed by atoms with E-state index in [0.29, 0.717) is 0 Å². The largest absolute Gasteiger partial charge is 0.527 e. The molecular formula is C3H2F6O2. The standard InChI is InChI=1S/C3H2F6O2/c4-1(10)2(5,6)11-3(7,8)9/h1,10H. The van der Waals surface area contributed by atoms with Crippen molar-refractivity contribution < 1.29 is 36.2 Å². The highest BCUT2D eigenvalue weighted by Gasteiger charge is 2.50. The van der Waals surface area contributed by atoms with Crippen molar-refractivity contribution in [3.8, 4) is 0 Å². The summed E-state index contributed by atoms with van der Waals surface area (Å²) in [7, 11) is 0. The van der Waals surface area contributed by atoms with Crippen LogP contribution < -0.4 is 0 Å². The lowest BCUT2D eigenvalue weighted by molar-refractivity contribution is -0.452. The highest BCUT2D eigenvalue weighted by molar-refractivity contribution is 4.54. The molecule has 68 valence electrons. The van der Waals surface area contributed by atoms with Crippen molar-refractivity contribution >= 4 is 0 Å². The lowest BCUT2D eigenvalue weighted by atomic mass is 10.6. The predicted molar refractivity (Wildman–Crippen MR) is 19.2 cm³/mol. The van der Waals surface area contributed by atoms with Gasteiger partial charge in [0.05, 0.1) is 0 Å². The second kappa shape index (κ2) is 2.86. The molecule has 0 heterocycles. The molecular weight excluding hydrogens is 182 g/mol. The first kappa shape index (κ1) is 10.5. The minimum atomic E-state index is -5.68. The Hall–Kier alpha value is -0.500. The van der Waals surface area contributed by atoms with Gasteiger partial charge in [-0.25, -0.2) is 9.13 Å². The molecule has 0 aliphatic rings. The zero-order valence-corrected chi connectivity index (χ0v) is 4.70. The molecule has 0 rings (SSSR count). The number of alkyl halides is 6. The van der Waals surface area contributed by atoms with E-state index in [9.17, 15) is 26.3 Å². The second-order valence-corrected chi connectivity index (χ2v) is 1.45. The van der Waals surface area contributed by atoms with E-state index in [2.05, 4.69) is 0 Å². The van der Waals surface area contributed by atoms with Gasteiger partial charge in [-0.1, -0.05) is 0 Å². The maximum Gasteiger partial charge on any atom is 0.527 e. The van der Waals surface area contributed by atoms with Crippen LogP contribution in [0.1, 0.15) is 0 Å². The Labute approximate surface area is 56.4 Å². The first-order valence-corrected chi connectivity index (χ1v) is 2.12. The van der Waals surface area contributed by atoms with E-state index in [4.69, 9.17) is 5.11 Å². The van der Waals surface area contributed by atoms with E-state index in [-0.39, 0.29) is 0 Å². The van der Waals surface area contributed by atoms with Crippen LogP contribution in [-0.2, 0) is 4.74 Å². The van der Waals surface area contributed by atoms with Gasteiger partial charge in [0.2, 0.25) is 0 Å². The van der Waals surface area contributed by atoms with Crippen molar-refractivity contribution in [3.63, 3.8) is 0 Å². The first-order chi connectivity index (χ1) is 4.65. The molecule has 0 radical (unpaired) electrons. The minimum Gasteiger partial charge on any atom is -0.357 e. The molecule has 0 aromatic rings. The third-order valence-electron chi connectivity index (χ3n) is 0.529.